The Morgan fingerprint density at radius 2 is 2.11 bits per heavy atom. The number of rotatable bonds is 5. The summed E-state index contributed by atoms with van der Waals surface area (Å²) in [4.78, 5) is 11.6. The van der Waals surface area contributed by atoms with Crippen molar-refractivity contribution in [3.63, 3.8) is 0 Å². The summed E-state index contributed by atoms with van der Waals surface area (Å²) in [5.74, 6) is 0. The maximum Gasteiger partial charge on any atom is 0.319 e. The van der Waals surface area contributed by atoms with Crippen LogP contribution in [0.2, 0.25) is 10.0 Å². The van der Waals surface area contributed by atoms with Gasteiger partial charge in [0.2, 0.25) is 0 Å². The van der Waals surface area contributed by atoms with Crippen LogP contribution >= 0.6 is 23.2 Å². The molecule has 0 bridgehead atoms. The third-order valence-electron chi connectivity index (χ3n) is 2.26. The highest BCUT2D eigenvalue weighted by Gasteiger charge is 2.20. The van der Waals surface area contributed by atoms with Crippen molar-refractivity contribution in [3.05, 3.63) is 28.2 Å². The molecule has 1 atom stereocenters. The van der Waals surface area contributed by atoms with Crippen LogP contribution < -0.4 is 10.6 Å². The van der Waals surface area contributed by atoms with Gasteiger partial charge in [0, 0.05) is 12.8 Å². The number of aliphatic hydroxyl groups is 1. The highest BCUT2D eigenvalue weighted by molar-refractivity contribution is 6.42. The molecule has 0 aliphatic carbocycles. The number of urea groups is 1. The fourth-order valence-corrected chi connectivity index (χ4v) is 1.68. The molecule has 7 heteroatoms. The number of hydrogen-bond acceptors (Lipinski definition) is 3. The zero-order chi connectivity index (χ0) is 14.5. The highest BCUT2D eigenvalue weighted by atomic mass is 35.5. The molecule has 2 amide bonds. The number of ether oxygens (including phenoxy) is 1. The van der Waals surface area contributed by atoms with Gasteiger partial charge in [-0.3, -0.25) is 0 Å². The van der Waals surface area contributed by atoms with Crippen LogP contribution in [0.1, 0.15) is 6.92 Å². The molecule has 0 spiro atoms. The number of anilines is 1. The average Bonchev–Trinajstić information content (AvgIpc) is 2.32. The number of halogens is 2. The van der Waals surface area contributed by atoms with Gasteiger partial charge in [-0.05, 0) is 25.1 Å². The van der Waals surface area contributed by atoms with Gasteiger partial charge in [0.25, 0.3) is 0 Å². The molecule has 0 aliphatic heterocycles. The van der Waals surface area contributed by atoms with Gasteiger partial charge < -0.3 is 20.5 Å². The van der Waals surface area contributed by atoms with E-state index >= 15 is 0 Å². The quantitative estimate of drug-likeness (QED) is 0.783. The van der Waals surface area contributed by atoms with Crippen molar-refractivity contribution in [2.45, 2.75) is 12.5 Å². The summed E-state index contributed by atoms with van der Waals surface area (Å²) < 4.78 is 4.83. The number of carbonyl (C=O) groups excluding carboxylic acids is 1. The summed E-state index contributed by atoms with van der Waals surface area (Å²) >= 11 is 11.6. The van der Waals surface area contributed by atoms with Gasteiger partial charge in [-0.2, -0.15) is 0 Å². The number of methoxy groups -OCH3 is 1. The smallest absolute Gasteiger partial charge is 0.319 e. The lowest BCUT2D eigenvalue weighted by Gasteiger charge is -2.22. The molecule has 0 saturated carbocycles. The predicted octanol–water partition coefficient (Wildman–Crippen LogP) is 2.51. The third-order valence-corrected chi connectivity index (χ3v) is 3.00. The Balaban J connectivity index is 2.49. The van der Waals surface area contributed by atoms with E-state index in [2.05, 4.69) is 10.6 Å². The highest BCUT2D eigenvalue weighted by Crippen LogP contribution is 2.24. The van der Waals surface area contributed by atoms with Gasteiger partial charge in [-0.15, -0.1) is 0 Å². The molecule has 0 heterocycles. The van der Waals surface area contributed by atoms with Crippen LogP contribution in [0.4, 0.5) is 10.5 Å². The van der Waals surface area contributed by atoms with Crippen LogP contribution in [0.15, 0.2) is 18.2 Å². The van der Waals surface area contributed by atoms with E-state index in [1.807, 2.05) is 0 Å². The lowest BCUT2D eigenvalue weighted by Crippen LogP contribution is -2.45. The normalized spacial score (nSPS) is 13.7. The van der Waals surface area contributed by atoms with E-state index in [1.165, 1.54) is 13.2 Å². The van der Waals surface area contributed by atoms with Gasteiger partial charge in [-0.1, -0.05) is 23.2 Å². The summed E-state index contributed by atoms with van der Waals surface area (Å²) in [5, 5.41) is 15.7. The Hall–Kier alpha value is -1.01. The molecular formula is C12H16Cl2N2O3. The van der Waals surface area contributed by atoms with Gasteiger partial charge >= 0.3 is 6.03 Å². The lowest BCUT2D eigenvalue weighted by molar-refractivity contribution is -0.0133. The molecule has 1 aromatic rings. The van der Waals surface area contributed by atoms with Gasteiger partial charge in [0.05, 0.1) is 23.2 Å². The first-order chi connectivity index (χ1) is 8.84. The minimum atomic E-state index is -1.12. The largest absolute Gasteiger partial charge is 0.386 e. The fourth-order valence-electron chi connectivity index (χ4n) is 1.38. The van der Waals surface area contributed by atoms with Crippen LogP contribution in [-0.2, 0) is 4.74 Å². The van der Waals surface area contributed by atoms with Gasteiger partial charge in [0.1, 0.15) is 5.60 Å². The minimum Gasteiger partial charge on any atom is -0.386 e. The van der Waals surface area contributed by atoms with Crippen molar-refractivity contribution in [2.75, 3.05) is 25.6 Å². The molecule has 0 fully saturated rings. The molecule has 3 N–H and O–H groups in total. The summed E-state index contributed by atoms with van der Waals surface area (Å²) in [5.41, 5.74) is -0.609. The van der Waals surface area contributed by atoms with Crippen LogP contribution in [0, 0.1) is 0 Å². The van der Waals surface area contributed by atoms with E-state index in [-0.39, 0.29) is 13.2 Å². The number of carbonyl (C=O) groups is 1. The van der Waals surface area contributed by atoms with Gasteiger partial charge in [-0.25, -0.2) is 4.79 Å². The molecular weight excluding hydrogens is 291 g/mol. The van der Waals surface area contributed by atoms with E-state index in [1.54, 1.807) is 19.1 Å². The number of benzene rings is 1. The predicted molar refractivity (Wildman–Crippen MR) is 76.0 cm³/mol. The van der Waals surface area contributed by atoms with E-state index in [4.69, 9.17) is 27.9 Å². The second-order valence-electron chi connectivity index (χ2n) is 4.37. The monoisotopic (exact) mass is 306 g/mol. The van der Waals surface area contributed by atoms with Crippen LogP contribution in [0.25, 0.3) is 0 Å². The zero-order valence-corrected chi connectivity index (χ0v) is 12.2. The summed E-state index contributed by atoms with van der Waals surface area (Å²) in [7, 11) is 1.48. The molecule has 1 unspecified atom stereocenters. The minimum absolute atomic E-state index is 0.0635. The number of nitrogens with one attached hydrogen (secondary N) is 2. The number of amides is 2. The fraction of sp³-hybridized carbons (Fsp3) is 0.417. The molecule has 0 aromatic heterocycles. The van der Waals surface area contributed by atoms with Crippen molar-refractivity contribution < 1.29 is 14.6 Å². The van der Waals surface area contributed by atoms with Crippen molar-refractivity contribution in [2.24, 2.45) is 0 Å². The molecule has 0 saturated heterocycles. The van der Waals surface area contributed by atoms with E-state index in [0.29, 0.717) is 15.7 Å². The SMILES string of the molecule is COCC(C)(O)CNC(=O)Nc1ccc(Cl)c(Cl)c1. The van der Waals surface area contributed by atoms with Crippen molar-refractivity contribution in [1.29, 1.82) is 0 Å². The molecule has 1 rings (SSSR count). The number of hydrogen-bond donors (Lipinski definition) is 3. The van der Waals surface area contributed by atoms with Crippen LogP contribution in [-0.4, -0.2) is 37.0 Å². The van der Waals surface area contributed by atoms with Crippen molar-refractivity contribution in [3.8, 4) is 0 Å². The van der Waals surface area contributed by atoms with Gasteiger partial charge in [0.15, 0.2) is 0 Å². The Morgan fingerprint density at radius 3 is 2.68 bits per heavy atom. The first kappa shape index (κ1) is 16.0. The van der Waals surface area contributed by atoms with Crippen LogP contribution in [0.3, 0.4) is 0 Å². The van der Waals surface area contributed by atoms with Crippen molar-refractivity contribution in [1.82, 2.24) is 5.32 Å². The van der Waals surface area contributed by atoms with Crippen molar-refractivity contribution >= 4 is 34.9 Å². The maximum atomic E-state index is 11.6. The van der Waals surface area contributed by atoms with Crippen LogP contribution in [0.5, 0.6) is 0 Å². The second kappa shape index (κ2) is 6.96. The maximum absolute atomic E-state index is 11.6. The Labute approximate surface area is 121 Å². The Morgan fingerprint density at radius 1 is 1.42 bits per heavy atom. The van der Waals surface area contributed by atoms with E-state index in [9.17, 15) is 9.90 Å². The summed E-state index contributed by atoms with van der Waals surface area (Å²) in [6.45, 7) is 1.75. The topological polar surface area (TPSA) is 70.6 Å². The molecule has 0 radical (unpaired) electrons. The molecule has 1 aromatic carbocycles. The Kier molecular flexibility index (Phi) is 5.87. The lowest BCUT2D eigenvalue weighted by atomic mass is 10.1. The molecule has 19 heavy (non-hydrogen) atoms. The third kappa shape index (κ3) is 5.65. The molecule has 106 valence electrons. The zero-order valence-electron chi connectivity index (χ0n) is 10.7. The first-order valence-corrected chi connectivity index (χ1v) is 6.31. The summed E-state index contributed by atoms with van der Waals surface area (Å²) in [6, 6.07) is 4.30. The molecule has 5 nitrogen and oxygen atoms in total. The standard InChI is InChI=1S/C12H16Cl2N2O3/c1-12(18,7-19-2)6-15-11(17)16-8-3-4-9(13)10(14)5-8/h3-5,18H,6-7H2,1-2H3,(H2,15,16,17). The molecule has 0 aliphatic rings. The van der Waals surface area contributed by atoms with E-state index in [0.717, 1.165) is 0 Å². The average molecular weight is 307 g/mol. The second-order valence-corrected chi connectivity index (χ2v) is 5.18. The first-order valence-electron chi connectivity index (χ1n) is 5.55. The summed E-state index contributed by atoms with van der Waals surface area (Å²) in [6.07, 6.45) is 0. The van der Waals surface area contributed by atoms with E-state index < -0.39 is 11.6 Å². The Bertz CT molecular complexity index is 453.